The lowest BCUT2D eigenvalue weighted by atomic mass is 10.1. The summed E-state index contributed by atoms with van der Waals surface area (Å²) in [6.45, 7) is 6.63. The Kier molecular flexibility index (Phi) is 3.83. The fourth-order valence-corrected chi connectivity index (χ4v) is 2.43. The zero-order valence-corrected chi connectivity index (χ0v) is 10.3. The van der Waals surface area contributed by atoms with Crippen LogP contribution in [0, 0.1) is 6.92 Å². The van der Waals surface area contributed by atoms with Crippen LogP contribution in [0.15, 0.2) is 18.2 Å². The molecule has 88 valence electrons. The van der Waals surface area contributed by atoms with Gasteiger partial charge in [0.05, 0.1) is 0 Å². The molecule has 0 bridgehead atoms. The predicted octanol–water partition coefficient (Wildman–Crippen LogP) is 2.72. The van der Waals surface area contributed by atoms with Crippen molar-refractivity contribution in [2.24, 2.45) is 0 Å². The van der Waals surface area contributed by atoms with Crippen molar-refractivity contribution in [3.05, 3.63) is 29.3 Å². The van der Waals surface area contributed by atoms with E-state index in [0.717, 1.165) is 13.0 Å². The van der Waals surface area contributed by atoms with Crippen molar-refractivity contribution in [1.29, 1.82) is 0 Å². The van der Waals surface area contributed by atoms with Crippen LogP contribution in [0.1, 0.15) is 30.9 Å². The third-order valence-corrected chi connectivity index (χ3v) is 3.43. The number of para-hydroxylation sites is 1. The Morgan fingerprint density at radius 2 is 2.31 bits per heavy atom. The summed E-state index contributed by atoms with van der Waals surface area (Å²) < 4.78 is 0. The fourth-order valence-electron chi connectivity index (χ4n) is 2.43. The van der Waals surface area contributed by atoms with Crippen LogP contribution < -0.4 is 10.6 Å². The maximum atomic E-state index is 3.61. The lowest BCUT2D eigenvalue weighted by Crippen LogP contribution is -2.29. The Hall–Kier alpha value is -1.02. The highest BCUT2D eigenvalue weighted by atomic mass is 15.0. The molecule has 0 spiro atoms. The van der Waals surface area contributed by atoms with Gasteiger partial charge in [0.15, 0.2) is 0 Å². The van der Waals surface area contributed by atoms with Gasteiger partial charge in [-0.3, -0.25) is 0 Å². The van der Waals surface area contributed by atoms with Gasteiger partial charge in [-0.1, -0.05) is 25.1 Å². The number of hydrogen-bond acceptors (Lipinski definition) is 2. The zero-order chi connectivity index (χ0) is 11.4. The van der Waals surface area contributed by atoms with Crippen molar-refractivity contribution in [3.63, 3.8) is 0 Å². The number of nitrogens with one attached hydrogen (secondary N) is 2. The summed E-state index contributed by atoms with van der Waals surface area (Å²) in [7, 11) is 0. The van der Waals surface area contributed by atoms with Gasteiger partial charge < -0.3 is 10.6 Å². The van der Waals surface area contributed by atoms with Gasteiger partial charge in [-0.25, -0.2) is 0 Å². The Bertz CT molecular complexity index is 341. The lowest BCUT2D eigenvalue weighted by molar-refractivity contribution is 0.633. The molecule has 2 nitrogen and oxygen atoms in total. The highest BCUT2D eigenvalue weighted by molar-refractivity contribution is 5.57. The van der Waals surface area contributed by atoms with Crippen LogP contribution in [-0.2, 0) is 6.42 Å². The van der Waals surface area contributed by atoms with Gasteiger partial charge in [0.25, 0.3) is 0 Å². The van der Waals surface area contributed by atoms with Crippen molar-refractivity contribution in [1.82, 2.24) is 5.32 Å². The topological polar surface area (TPSA) is 24.1 Å². The van der Waals surface area contributed by atoms with Crippen molar-refractivity contribution in [2.75, 3.05) is 18.4 Å². The average Bonchev–Trinajstić information content (AvgIpc) is 2.80. The van der Waals surface area contributed by atoms with E-state index in [4.69, 9.17) is 0 Å². The standard InChI is InChI=1S/C14H22N2/c1-3-12-7-4-6-11(2)14(12)16-10-13-8-5-9-15-13/h4,6-7,13,15-16H,3,5,8-10H2,1-2H3. The van der Waals surface area contributed by atoms with Crippen molar-refractivity contribution >= 4 is 5.69 Å². The molecule has 1 atom stereocenters. The van der Waals surface area contributed by atoms with Crippen molar-refractivity contribution in [2.45, 2.75) is 39.2 Å². The molecule has 1 aliphatic heterocycles. The van der Waals surface area contributed by atoms with Gasteiger partial charge >= 0.3 is 0 Å². The Balaban J connectivity index is 2.01. The van der Waals surface area contributed by atoms with Crippen LogP contribution in [-0.4, -0.2) is 19.1 Å². The fraction of sp³-hybridized carbons (Fsp3) is 0.571. The minimum absolute atomic E-state index is 0.657. The third kappa shape index (κ3) is 2.56. The molecule has 0 saturated carbocycles. The number of anilines is 1. The van der Waals surface area contributed by atoms with Gasteiger partial charge in [0.1, 0.15) is 0 Å². The van der Waals surface area contributed by atoms with Crippen LogP contribution in [0.2, 0.25) is 0 Å². The first-order valence-corrected chi connectivity index (χ1v) is 6.37. The Morgan fingerprint density at radius 1 is 1.44 bits per heavy atom. The molecule has 16 heavy (non-hydrogen) atoms. The molecule has 1 unspecified atom stereocenters. The second-order valence-corrected chi connectivity index (χ2v) is 4.64. The SMILES string of the molecule is CCc1cccc(C)c1NCC1CCCN1. The van der Waals surface area contributed by atoms with Gasteiger partial charge in [-0.2, -0.15) is 0 Å². The van der Waals surface area contributed by atoms with Crippen LogP contribution in [0.4, 0.5) is 5.69 Å². The van der Waals surface area contributed by atoms with Crippen molar-refractivity contribution < 1.29 is 0 Å². The maximum absolute atomic E-state index is 3.61. The first-order chi connectivity index (χ1) is 7.81. The summed E-state index contributed by atoms with van der Waals surface area (Å²) in [5.74, 6) is 0. The van der Waals surface area contributed by atoms with E-state index >= 15 is 0 Å². The molecule has 1 heterocycles. The summed E-state index contributed by atoms with van der Waals surface area (Å²) >= 11 is 0. The molecule has 1 fully saturated rings. The summed E-state index contributed by atoms with van der Waals surface area (Å²) in [6, 6.07) is 7.21. The molecule has 0 amide bonds. The highest BCUT2D eigenvalue weighted by Gasteiger charge is 2.14. The van der Waals surface area contributed by atoms with E-state index in [1.54, 1.807) is 0 Å². The van der Waals surface area contributed by atoms with E-state index in [9.17, 15) is 0 Å². The van der Waals surface area contributed by atoms with E-state index in [-0.39, 0.29) is 0 Å². The second kappa shape index (κ2) is 5.35. The van der Waals surface area contributed by atoms with Crippen LogP contribution in [0.3, 0.4) is 0 Å². The molecule has 1 aromatic carbocycles. The molecular formula is C14H22N2. The lowest BCUT2D eigenvalue weighted by Gasteiger charge is -2.17. The minimum Gasteiger partial charge on any atom is -0.383 e. The summed E-state index contributed by atoms with van der Waals surface area (Å²) in [5.41, 5.74) is 4.13. The van der Waals surface area contributed by atoms with E-state index in [1.165, 1.54) is 36.2 Å². The van der Waals surface area contributed by atoms with Crippen LogP contribution in [0.5, 0.6) is 0 Å². The van der Waals surface area contributed by atoms with Crippen molar-refractivity contribution in [3.8, 4) is 0 Å². The van der Waals surface area contributed by atoms with Gasteiger partial charge in [-0.05, 0) is 43.9 Å². The Morgan fingerprint density at radius 3 is 3.00 bits per heavy atom. The van der Waals surface area contributed by atoms with E-state index in [1.807, 2.05) is 0 Å². The van der Waals surface area contributed by atoms with Gasteiger partial charge in [0.2, 0.25) is 0 Å². The first kappa shape index (κ1) is 11.5. The first-order valence-electron chi connectivity index (χ1n) is 6.37. The number of benzene rings is 1. The molecule has 1 saturated heterocycles. The van der Waals surface area contributed by atoms with E-state index < -0.39 is 0 Å². The number of aryl methyl sites for hydroxylation is 2. The largest absolute Gasteiger partial charge is 0.383 e. The molecular weight excluding hydrogens is 196 g/mol. The van der Waals surface area contributed by atoms with E-state index in [2.05, 4.69) is 42.7 Å². The third-order valence-electron chi connectivity index (χ3n) is 3.43. The number of hydrogen-bond donors (Lipinski definition) is 2. The molecule has 2 rings (SSSR count). The number of rotatable bonds is 4. The highest BCUT2D eigenvalue weighted by Crippen LogP contribution is 2.21. The van der Waals surface area contributed by atoms with Crippen LogP contribution in [0.25, 0.3) is 0 Å². The summed E-state index contributed by atoms with van der Waals surface area (Å²) in [5, 5.41) is 7.13. The molecule has 1 aliphatic rings. The smallest absolute Gasteiger partial charge is 0.0402 e. The molecule has 0 aromatic heterocycles. The zero-order valence-electron chi connectivity index (χ0n) is 10.3. The quantitative estimate of drug-likeness (QED) is 0.812. The van der Waals surface area contributed by atoms with Gasteiger partial charge in [-0.15, -0.1) is 0 Å². The normalized spacial score (nSPS) is 20.0. The summed E-state index contributed by atoms with van der Waals surface area (Å²) in [4.78, 5) is 0. The molecule has 0 radical (unpaired) electrons. The molecule has 2 N–H and O–H groups in total. The van der Waals surface area contributed by atoms with Crippen LogP contribution >= 0.6 is 0 Å². The molecule has 0 aliphatic carbocycles. The summed E-state index contributed by atoms with van der Waals surface area (Å²) in [6.07, 6.45) is 3.73. The second-order valence-electron chi connectivity index (χ2n) is 4.64. The molecule has 2 heteroatoms. The molecule has 1 aromatic rings. The predicted molar refractivity (Wildman–Crippen MR) is 70.1 cm³/mol. The maximum Gasteiger partial charge on any atom is 0.0402 e. The minimum atomic E-state index is 0.657. The van der Waals surface area contributed by atoms with E-state index in [0.29, 0.717) is 6.04 Å². The average molecular weight is 218 g/mol. The Labute approximate surface area is 98.4 Å². The van der Waals surface area contributed by atoms with Gasteiger partial charge in [0, 0.05) is 18.3 Å². The monoisotopic (exact) mass is 218 g/mol.